The fraction of sp³-hybridized carbons (Fsp3) is 0.318. The van der Waals surface area contributed by atoms with Gasteiger partial charge in [0.15, 0.2) is 0 Å². The van der Waals surface area contributed by atoms with Gasteiger partial charge in [-0.25, -0.2) is 0 Å². The number of nitro benzene ring substituents is 1. The number of para-hydroxylation sites is 1. The van der Waals surface area contributed by atoms with Crippen molar-refractivity contribution in [3.63, 3.8) is 0 Å². The third-order valence-electron chi connectivity index (χ3n) is 5.45. The Hall–Kier alpha value is -3.03. The summed E-state index contributed by atoms with van der Waals surface area (Å²) in [5.74, 6) is 0. The number of aliphatic hydroxyl groups excluding tert-OH is 2. The quantitative estimate of drug-likeness (QED) is 0.444. The van der Waals surface area contributed by atoms with Gasteiger partial charge in [-0.1, -0.05) is 32.0 Å². The molecule has 0 saturated heterocycles. The molecule has 0 aromatic heterocycles. The topological polar surface area (TPSA) is 99.2 Å². The molecule has 0 bridgehead atoms. The zero-order chi connectivity index (χ0) is 21.2. The molecule has 0 radical (unpaired) electrons. The van der Waals surface area contributed by atoms with Gasteiger partial charge in [-0.05, 0) is 35.4 Å². The van der Waals surface area contributed by atoms with Crippen molar-refractivity contribution < 1.29 is 15.1 Å². The summed E-state index contributed by atoms with van der Waals surface area (Å²) in [6.07, 6.45) is 2.43. The number of hydrogen-bond donors (Lipinski definition) is 2. The van der Waals surface area contributed by atoms with Crippen LogP contribution in [0.2, 0.25) is 0 Å². The standard InChI is InChI=1S/C22H25N3O4/c1-22(2)17-6-4-5-7-19(17)24(3)20(22)12-13-23-18(14-26)21(27)15-8-10-16(11-9-15)25(28)29/h4-13,18,21,26-27H,14H2,1-3H3/b20-12-,23-13?/t18-,21+/m0/s1. The van der Waals surface area contributed by atoms with E-state index in [1.54, 1.807) is 6.21 Å². The Morgan fingerprint density at radius 1 is 1.21 bits per heavy atom. The van der Waals surface area contributed by atoms with Crippen LogP contribution < -0.4 is 4.90 Å². The van der Waals surface area contributed by atoms with Crippen LogP contribution in [0.1, 0.15) is 31.1 Å². The van der Waals surface area contributed by atoms with Crippen LogP contribution in [0.3, 0.4) is 0 Å². The Morgan fingerprint density at radius 2 is 1.86 bits per heavy atom. The molecule has 0 spiro atoms. The van der Waals surface area contributed by atoms with Gasteiger partial charge in [0.1, 0.15) is 12.1 Å². The number of aliphatic imine (C=N–C) groups is 1. The molecule has 2 aromatic carbocycles. The van der Waals surface area contributed by atoms with Crippen LogP contribution in [0.15, 0.2) is 65.3 Å². The van der Waals surface area contributed by atoms with E-state index in [0.29, 0.717) is 5.56 Å². The Labute approximate surface area is 169 Å². The summed E-state index contributed by atoms with van der Waals surface area (Å²) < 4.78 is 0. The molecular formula is C22H25N3O4. The van der Waals surface area contributed by atoms with Crippen molar-refractivity contribution in [3.05, 3.63) is 81.5 Å². The molecule has 0 aliphatic carbocycles. The predicted octanol–water partition coefficient (Wildman–Crippen LogP) is 3.37. The smallest absolute Gasteiger partial charge is 0.269 e. The number of hydrogen-bond acceptors (Lipinski definition) is 6. The van der Waals surface area contributed by atoms with Crippen molar-refractivity contribution in [1.82, 2.24) is 0 Å². The predicted molar refractivity (Wildman–Crippen MR) is 113 cm³/mol. The Bertz CT molecular complexity index is 951. The number of likely N-dealkylation sites (N-methyl/N-ethyl adjacent to an activating group) is 1. The van der Waals surface area contributed by atoms with Gasteiger partial charge in [0.2, 0.25) is 0 Å². The SMILES string of the molecule is CN1/C(=C\C=N[C@@H](CO)[C@H](O)c2ccc([N+](=O)[O-])cc2)C(C)(C)c2ccccc21. The largest absolute Gasteiger partial charge is 0.394 e. The summed E-state index contributed by atoms with van der Waals surface area (Å²) in [6, 6.07) is 13.0. The minimum atomic E-state index is -1.07. The van der Waals surface area contributed by atoms with Gasteiger partial charge < -0.3 is 15.1 Å². The molecular weight excluding hydrogens is 370 g/mol. The summed E-state index contributed by atoms with van der Waals surface area (Å²) in [5.41, 5.74) is 3.65. The van der Waals surface area contributed by atoms with E-state index < -0.39 is 17.1 Å². The highest BCUT2D eigenvalue weighted by atomic mass is 16.6. The first-order chi connectivity index (χ1) is 13.8. The molecule has 0 amide bonds. The summed E-state index contributed by atoms with van der Waals surface area (Å²) in [7, 11) is 2.00. The average molecular weight is 395 g/mol. The molecule has 1 aliphatic heterocycles. The van der Waals surface area contributed by atoms with E-state index >= 15 is 0 Å². The van der Waals surface area contributed by atoms with E-state index in [0.717, 1.165) is 11.4 Å². The maximum absolute atomic E-state index is 10.8. The van der Waals surface area contributed by atoms with Crippen LogP contribution in [-0.2, 0) is 5.41 Å². The van der Waals surface area contributed by atoms with Crippen molar-refractivity contribution in [2.24, 2.45) is 4.99 Å². The number of benzene rings is 2. The number of non-ortho nitro benzene ring substituents is 1. The van der Waals surface area contributed by atoms with Crippen molar-refractivity contribution in [2.45, 2.75) is 31.4 Å². The van der Waals surface area contributed by atoms with Gasteiger partial charge in [-0.15, -0.1) is 0 Å². The van der Waals surface area contributed by atoms with Gasteiger partial charge in [-0.2, -0.15) is 0 Å². The van der Waals surface area contributed by atoms with Crippen LogP contribution in [0.4, 0.5) is 11.4 Å². The van der Waals surface area contributed by atoms with Gasteiger partial charge in [0.05, 0.1) is 11.5 Å². The highest BCUT2D eigenvalue weighted by Crippen LogP contribution is 2.46. The molecule has 2 atom stereocenters. The van der Waals surface area contributed by atoms with Crippen molar-refractivity contribution in [3.8, 4) is 0 Å². The fourth-order valence-corrected chi connectivity index (χ4v) is 3.77. The lowest BCUT2D eigenvalue weighted by Gasteiger charge is -2.23. The van der Waals surface area contributed by atoms with Crippen LogP contribution >= 0.6 is 0 Å². The molecule has 3 rings (SSSR count). The summed E-state index contributed by atoms with van der Waals surface area (Å²) in [6.45, 7) is 3.94. The second kappa shape index (κ2) is 8.14. The first-order valence-electron chi connectivity index (χ1n) is 9.37. The first-order valence-corrected chi connectivity index (χ1v) is 9.37. The molecule has 0 fully saturated rings. The Morgan fingerprint density at radius 3 is 2.45 bits per heavy atom. The molecule has 7 heteroatoms. The Kier molecular flexibility index (Phi) is 5.81. The average Bonchev–Trinajstić information content (AvgIpc) is 2.91. The monoisotopic (exact) mass is 395 g/mol. The van der Waals surface area contributed by atoms with Crippen LogP contribution in [0.25, 0.3) is 0 Å². The van der Waals surface area contributed by atoms with Gasteiger partial charge >= 0.3 is 0 Å². The molecule has 0 saturated carbocycles. The number of anilines is 1. The van der Waals surface area contributed by atoms with E-state index in [1.807, 2.05) is 25.3 Å². The fourth-order valence-electron chi connectivity index (χ4n) is 3.77. The number of aliphatic hydroxyl groups is 2. The van der Waals surface area contributed by atoms with E-state index in [-0.39, 0.29) is 17.7 Å². The minimum absolute atomic E-state index is 0.0548. The van der Waals surface area contributed by atoms with Crippen LogP contribution in [0, 0.1) is 10.1 Å². The lowest BCUT2D eigenvalue weighted by Crippen LogP contribution is -2.23. The summed E-state index contributed by atoms with van der Waals surface area (Å²) >= 11 is 0. The first kappa shape index (κ1) is 20.7. The van der Waals surface area contributed by atoms with Crippen molar-refractivity contribution in [1.29, 1.82) is 0 Å². The second-order valence-electron chi connectivity index (χ2n) is 7.59. The zero-order valence-electron chi connectivity index (χ0n) is 16.7. The maximum atomic E-state index is 10.8. The maximum Gasteiger partial charge on any atom is 0.269 e. The molecule has 29 heavy (non-hydrogen) atoms. The minimum Gasteiger partial charge on any atom is -0.394 e. The normalized spacial score (nSPS) is 18.8. The van der Waals surface area contributed by atoms with Gasteiger partial charge in [0, 0.05) is 42.2 Å². The lowest BCUT2D eigenvalue weighted by molar-refractivity contribution is -0.384. The summed E-state index contributed by atoms with van der Waals surface area (Å²) in [4.78, 5) is 16.7. The molecule has 0 unspecified atom stereocenters. The molecule has 1 aliphatic rings. The highest BCUT2D eigenvalue weighted by molar-refractivity contribution is 5.79. The third kappa shape index (κ3) is 3.92. The Balaban J connectivity index is 1.80. The molecule has 7 nitrogen and oxygen atoms in total. The molecule has 1 heterocycles. The summed E-state index contributed by atoms with van der Waals surface area (Å²) in [5, 5.41) is 31.0. The van der Waals surface area contributed by atoms with Crippen molar-refractivity contribution >= 4 is 17.6 Å². The van der Waals surface area contributed by atoms with Crippen LogP contribution in [0.5, 0.6) is 0 Å². The number of fused-ring (bicyclic) bond motifs is 1. The van der Waals surface area contributed by atoms with E-state index in [9.17, 15) is 20.3 Å². The van der Waals surface area contributed by atoms with Gasteiger partial charge in [0.25, 0.3) is 5.69 Å². The molecule has 2 N–H and O–H groups in total. The van der Waals surface area contributed by atoms with E-state index in [2.05, 4.69) is 35.9 Å². The molecule has 152 valence electrons. The van der Waals surface area contributed by atoms with Gasteiger partial charge in [-0.3, -0.25) is 15.1 Å². The van der Waals surface area contributed by atoms with E-state index in [4.69, 9.17) is 0 Å². The van der Waals surface area contributed by atoms with Crippen LogP contribution in [-0.4, -0.2) is 41.0 Å². The number of nitro groups is 1. The highest BCUT2D eigenvalue weighted by Gasteiger charge is 2.37. The number of allylic oxidation sites excluding steroid dienone is 2. The van der Waals surface area contributed by atoms with Crippen molar-refractivity contribution in [2.75, 3.05) is 18.6 Å². The van der Waals surface area contributed by atoms with E-state index in [1.165, 1.54) is 29.8 Å². The number of nitrogens with zero attached hydrogens (tertiary/aromatic N) is 3. The lowest BCUT2D eigenvalue weighted by atomic mass is 9.84. The molecule has 2 aromatic rings. The second-order valence-corrected chi connectivity index (χ2v) is 7.59. The third-order valence-corrected chi connectivity index (χ3v) is 5.45. The number of rotatable bonds is 6. The zero-order valence-corrected chi connectivity index (χ0v) is 16.7.